The van der Waals surface area contributed by atoms with Crippen molar-refractivity contribution in [1.82, 2.24) is 9.55 Å². The molecule has 3 nitrogen and oxygen atoms in total. The summed E-state index contributed by atoms with van der Waals surface area (Å²) in [5.74, 6) is 0.631. The summed E-state index contributed by atoms with van der Waals surface area (Å²) >= 11 is 0. The summed E-state index contributed by atoms with van der Waals surface area (Å²) in [6, 6.07) is 9.21. The molecule has 0 saturated heterocycles. The first-order valence-electron chi connectivity index (χ1n) is 7.46. The molecular formula is C17H25N3. The van der Waals surface area contributed by atoms with Gasteiger partial charge in [-0.2, -0.15) is 0 Å². The molecule has 1 heterocycles. The lowest BCUT2D eigenvalue weighted by Gasteiger charge is -2.14. The SMILES string of the molecule is CCC(C)c1ccc(NCc2cncn2C(C)C)cc1. The molecule has 0 aliphatic heterocycles. The van der Waals surface area contributed by atoms with Crippen molar-refractivity contribution >= 4 is 5.69 Å². The van der Waals surface area contributed by atoms with Gasteiger partial charge in [-0.3, -0.25) is 0 Å². The normalized spacial score (nSPS) is 12.7. The number of nitrogens with zero attached hydrogens (tertiary/aromatic N) is 2. The Morgan fingerprint density at radius 3 is 2.45 bits per heavy atom. The molecule has 0 spiro atoms. The number of aromatic nitrogens is 2. The Hall–Kier alpha value is -1.77. The van der Waals surface area contributed by atoms with Crippen molar-refractivity contribution in [3.05, 3.63) is 48.0 Å². The van der Waals surface area contributed by atoms with Crippen LogP contribution in [0.2, 0.25) is 0 Å². The molecule has 0 fully saturated rings. The zero-order chi connectivity index (χ0) is 14.5. The van der Waals surface area contributed by atoms with Crippen LogP contribution < -0.4 is 5.32 Å². The number of imidazole rings is 1. The minimum absolute atomic E-state index is 0.446. The third kappa shape index (κ3) is 3.41. The van der Waals surface area contributed by atoms with E-state index in [4.69, 9.17) is 0 Å². The smallest absolute Gasteiger partial charge is 0.0951 e. The molecule has 2 rings (SSSR count). The van der Waals surface area contributed by atoms with Gasteiger partial charge in [0.25, 0.3) is 0 Å². The zero-order valence-electron chi connectivity index (χ0n) is 12.9. The number of nitrogens with one attached hydrogen (secondary N) is 1. The highest BCUT2D eigenvalue weighted by Gasteiger charge is 2.05. The van der Waals surface area contributed by atoms with Crippen LogP contribution in [-0.2, 0) is 6.54 Å². The fraction of sp³-hybridized carbons (Fsp3) is 0.471. The molecule has 108 valence electrons. The summed E-state index contributed by atoms with van der Waals surface area (Å²) in [6.45, 7) is 9.65. The first kappa shape index (κ1) is 14.6. The average molecular weight is 271 g/mol. The first-order valence-corrected chi connectivity index (χ1v) is 7.46. The Morgan fingerprint density at radius 2 is 1.85 bits per heavy atom. The van der Waals surface area contributed by atoms with Crippen LogP contribution in [0.4, 0.5) is 5.69 Å². The van der Waals surface area contributed by atoms with Crippen LogP contribution >= 0.6 is 0 Å². The highest BCUT2D eigenvalue weighted by molar-refractivity contribution is 5.45. The van der Waals surface area contributed by atoms with E-state index in [0.29, 0.717) is 12.0 Å². The minimum atomic E-state index is 0.446. The maximum absolute atomic E-state index is 4.23. The van der Waals surface area contributed by atoms with Crippen LogP contribution in [0, 0.1) is 0 Å². The van der Waals surface area contributed by atoms with E-state index in [2.05, 4.69) is 66.8 Å². The summed E-state index contributed by atoms with van der Waals surface area (Å²) in [4.78, 5) is 4.23. The van der Waals surface area contributed by atoms with E-state index in [0.717, 1.165) is 12.2 Å². The van der Waals surface area contributed by atoms with E-state index in [1.165, 1.54) is 17.7 Å². The minimum Gasteiger partial charge on any atom is -0.379 e. The van der Waals surface area contributed by atoms with Crippen molar-refractivity contribution in [2.75, 3.05) is 5.32 Å². The number of hydrogen-bond donors (Lipinski definition) is 1. The van der Waals surface area contributed by atoms with Crippen molar-refractivity contribution in [2.24, 2.45) is 0 Å². The molecule has 20 heavy (non-hydrogen) atoms. The number of rotatable bonds is 6. The Balaban J connectivity index is 1.99. The van der Waals surface area contributed by atoms with Gasteiger partial charge >= 0.3 is 0 Å². The summed E-state index contributed by atoms with van der Waals surface area (Å²) in [6.07, 6.45) is 5.01. The molecule has 1 aromatic heterocycles. The van der Waals surface area contributed by atoms with Gasteiger partial charge in [0, 0.05) is 17.9 Å². The van der Waals surface area contributed by atoms with Gasteiger partial charge in [0.15, 0.2) is 0 Å². The predicted molar refractivity (Wildman–Crippen MR) is 85.1 cm³/mol. The molecule has 1 aromatic carbocycles. The second-order valence-electron chi connectivity index (χ2n) is 5.67. The molecule has 0 bridgehead atoms. The summed E-state index contributed by atoms with van der Waals surface area (Å²) in [5.41, 5.74) is 3.78. The molecule has 0 amide bonds. The largest absolute Gasteiger partial charge is 0.379 e. The Morgan fingerprint density at radius 1 is 1.15 bits per heavy atom. The quantitative estimate of drug-likeness (QED) is 0.832. The molecule has 0 aliphatic rings. The number of anilines is 1. The third-order valence-electron chi connectivity index (χ3n) is 3.87. The highest BCUT2D eigenvalue weighted by atomic mass is 15.1. The maximum Gasteiger partial charge on any atom is 0.0951 e. The van der Waals surface area contributed by atoms with Gasteiger partial charge in [0.1, 0.15) is 0 Å². The monoisotopic (exact) mass is 271 g/mol. The predicted octanol–water partition coefficient (Wildman–Crippen LogP) is 4.59. The molecule has 3 heteroatoms. The second-order valence-corrected chi connectivity index (χ2v) is 5.67. The summed E-state index contributed by atoms with van der Waals surface area (Å²) < 4.78 is 2.19. The van der Waals surface area contributed by atoms with Gasteiger partial charge in [-0.1, -0.05) is 26.0 Å². The van der Waals surface area contributed by atoms with Gasteiger partial charge in [0.2, 0.25) is 0 Å². The van der Waals surface area contributed by atoms with Crippen LogP contribution in [-0.4, -0.2) is 9.55 Å². The summed E-state index contributed by atoms with van der Waals surface area (Å²) in [7, 11) is 0. The van der Waals surface area contributed by atoms with Crippen LogP contribution in [0.5, 0.6) is 0 Å². The van der Waals surface area contributed by atoms with E-state index < -0.39 is 0 Å². The lowest BCUT2D eigenvalue weighted by Crippen LogP contribution is -2.08. The van der Waals surface area contributed by atoms with Gasteiger partial charge in [-0.25, -0.2) is 4.98 Å². The maximum atomic E-state index is 4.23. The fourth-order valence-corrected chi connectivity index (χ4v) is 2.29. The van der Waals surface area contributed by atoms with Crippen molar-refractivity contribution in [1.29, 1.82) is 0 Å². The third-order valence-corrected chi connectivity index (χ3v) is 3.87. The van der Waals surface area contributed by atoms with Crippen LogP contribution in [0.3, 0.4) is 0 Å². The van der Waals surface area contributed by atoms with Crippen molar-refractivity contribution < 1.29 is 0 Å². The van der Waals surface area contributed by atoms with Crippen LogP contribution in [0.15, 0.2) is 36.8 Å². The van der Waals surface area contributed by atoms with E-state index >= 15 is 0 Å². The molecular weight excluding hydrogens is 246 g/mol. The lowest BCUT2D eigenvalue weighted by molar-refractivity contribution is 0.577. The molecule has 1 atom stereocenters. The Labute approximate surface area is 122 Å². The molecule has 1 unspecified atom stereocenters. The average Bonchev–Trinajstić information content (AvgIpc) is 2.93. The Kier molecular flexibility index (Phi) is 4.83. The molecule has 0 radical (unpaired) electrons. The number of hydrogen-bond acceptors (Lipinski definition) is 2. The molecule has 1 N–H and O–H groups in total. The number of benzene rings is 1. The van der Waals surface area contributed by atoms with E-state index in [1.807, 2.05) is 12.5 Å². The first-order chi connectivity index (χ1) is 9.61. The second kappa shape index (κ2) is 6.60. The summed E-state index contributed by atoms with van der Waals surface area (Å²) in [5, 5.41) is 3.47. The van der Waals surface area contributed by atoms with E-state index in [1.54, 1.807) is 0 Å². The lowest BCUT2D eigenvalue weighted by atomic mass is 9.99. The Bertz CT molecular complexity index is 525. The van der Waals surface area contributed by atoms with Gasteiger partial charge in [-0.05, 0) is 43.9 Å². The van der Waals surface area contributed by atoms with Gasteiger partial charge in [-0.15, -0.1) is 0 Å². The zero-order valence-corrected chi connectivity index (χ0v) is 12.9. The van der Waals surface area contributed by atoms with Gasteiger partial charge < -0.3 is 9.88 Å². The van der Waals surface area contributed by atoms with Crippen molar-refractivity contribution in [2.45, 2.75) is 52.6 Å². The topological polar surface area (TPSA) is 29.9 Å². The van der Waals surface area contributed by atoms with Crippen molar-refractivity contribution in [3.63, 3.8) is 0 Å². The molecule has 0 aliphatic carbocycles. The molecule has 2 aromatic rings. The molecule has 0 saturated carbocycles. The van der Waals surface area contributed by atoms with E-state index in [-0.39, 0.29) is 0 Å². The highest BCUT2D eigenvalue weighted by Crippen LogP contribution is 2.21. The fourth-order valence-electron chi connectivity index (χ4n) is 2.29. The van der Waals surface area contributed by atoms with Crippen molar-refractivity contribution in [3.8, 4) is 0 Å². The van der Waals surface area contributed by atoms with E-state index in [9.17, 15) is 0 Å². The van der Waals surface area contributed by atoms with Crippen LogP contribution in [0.25, 0.3) is 0 Å². The van der Waals surface area contributed by atoms with Crippen LogP contribution in [0.1, 0.15) is 57.3 Å². The standard InChI is InChI=1S/C17H25N3/c1-5-14(4)15-6-8-16(9-7-15)19-11-17-10-18-12-20(17)13(2)3/h6-10,12-14,19H,5,11H2,1-4H3. The van der Waals surface area contributed by atoms with Gasteiger partial charge in [0.05, 0.1) is 18.6 Å².